The molecule has 0 aliphatic heterocycles. The molecular formula is C16H25N3O2. The number of carbonyl (C=O) groups excluding carboxylic acids is 2. The van der Waals surface area contributed by atoms with Crippen molar-refractivity contribution < 1.29 is 9.59 Å². The molecule has 1 aromatic carbocycles. The topological polar surface area (TPSA) is 84.2 Å². The lowest BCUT2D eigenvalue weighted by atomic mass is 9.93. The third-order valence-electron chi connectivity index (χ3n) is 3.54. The van der Waals surface area contributed by atoms with Crippen LogP contribution < -0.4 is 16.4 Å². The van der Waals surface area contributed by atoms with Crippen molar-refractivity contribution in [3.05, 3.63) is 29.8 Å². The summed E-state index contributed by atoms with van der Waals surface area (Å²) in [6, 6.07) is 6.87. The summed E-state index contributed by atoms with van der Waals surface area (Å²) in [4.78, 5) is 24.0. The van der Waals surface area contributed by atoms with Crippen LogP contribution in [0.5, 0.6) is 0 Å². The summed E-state index contributed by atoms with van der Waals surface area (Å²) < 4.78 is 0. The van der Waals surface area contributed by atoms with Crippen LogP contribution in [-0.4, -0.2) is 23.4 Å². The van der Waals surface area contributed by atoms with Crippen LogP contribution in [0.15, 0.2) is 24.3 Å². The minimum absolute atomic E-state index is 0.0869. The average Bonchev–Trinajstić information content (AvgIpc) is 2.46. The lowest BCUT2D eigenvalue weighted by molar-refractivity contribution is -0.121. The van der Waals surface area contributed by atoms with E-state index in [0.29, 0.717) is 24.1 Å². The van der Waals surface area contributed by atoms with Gasteiger partial charge >= 0.3 is 0 Å². The molecule has 4 N–H and O–H groups in total. The van der Waals surface area contributed by atoms with Gasteiger partial charge in [-0.2, -0.15) is 0 Å². The Morgan fingerprint density at radius 2 is 1.67 bits per heavy atom. The monoisotopic (exact) mass is 291 g/mol. The fraction of sp³-hybridized carbons (Fsp3) is 0.500. The number of amides is 2. The smallest absolute Gasteiger partial charge is 0.251 e. The van der Waals surface area contributed by atoms with Gasteiger partial charge < -0.3 is 16.4 Å². The highest BCUT2D eigenvalue weighted by Gasteiger charge is 2.29. The minimum Gasteiger partial charge on any atom is -0.350 e. The fourth-order valence-electron chi connectivity index (χ4n) is 1.88. The van der Waals surface area contributed by atoms with Gasteiger partial charge in [0.05, 0.1) is 5.54 Å². The van der Waals surface area contributed by atoms with E-state index in [1.807, 2.05) is 27.7 Å². The number of hydrogen-bond donors (Lipinski definition) is 3. The molecule has 1 rings (SSSR count). The van der Waals surface area contributed by atoms with Gasteiger partial charge in [0.15, 0.2) is 0 Å². The van der Waals surface area contributed by atoms with Crippen LogP contribution in [0.25, 0.3) is 0 Å². The van der Waals surface area contributed by atoms with Crippen LogP contribution in [0.1, 0.15) is 50.9 Å². The molecule has 116 valence electrons. The SMILES string of the molecule is CCC(N)(CC)C(=O)Nc1ccc(C(=O)NC(C)C)cc1. The van der Waals surface area contributed by atoms with E-state index in [1.54, 1.807) is 24.3 Å². The Hall–Kier alpha value is -1.88. The molecule has 0 saturated heterocycles. The van der Waals surface area contributed by atoms with Crippen molar-refractivity contribution in [1.82, 2.24) is 5.32 Å². The van der Waals surface area contributed by atoms with Gasteiger partial charge in [0, 0.05) is 17.3 Å². The molecule has 0 aliphatic carbocycles. The summed E-state index contributed by atoms with van der Waals surface area (Å²) in [6.45, 7) is 7.59. The minimum atomic E-state index is -0.853. The predicted octanol–water partition coefficient (Wildman–Crippen LogP) is 2.28. The van der Waals surface area contributed by atoms with E-state index >= 15 is 0 Å². The standard InChI is InChI=1S/C16H25N3O2/c1-5-16(17,6-2)15(21)19-13-9-7-12(8-10-13)14(20)18-11(3)4/h7-11H,5-6,17H2,1-4H3,(H,18,20)(H,19,21). The van der Waals surface area contributed by atoms with E-state index in [0.717, 1.165) is 0 Å². The first-order valence-electron chi connectivity index (χ1n) is 7.33. The van der Waals surface area contributed by atoms with Gasteiger partial charge in [-0.3, -0.25) is 9.59 Å². The first-order valence-corrected chi connectivity index (χ1v) is 7.33. The van der Waals surface area contributed by atoms with Gasteiger partial charge in [-0.25, -0.2) is 0 Å². The second-order valence-electron chi connectivity index (χ2n) is 5.52. The number of carbonyl (C=O) groups is 2. The second-order valence-corrected chi connectivity index (χ2v) is 5.52. The molecule has 5 heteroatoms. The van der Waals surface area contributed by atoms with Gasteiger partial charge in [-0.05, 0) is 51.0 Å². The number of nitrogens with two attached hydrogens (primary N) is 1. The number of rotatable bonds is 6. The number of nitrogens with one attached hydrogen (secondary N) is 2. The summed E-state index contributed by atoms with van der Waals surface area (Å²) in [7, 11) is 0. The van der Waals surface area contributed by atoms with E-state index in [9.17, 15) is 9.59 Å². The third kappa shape index (κ3) is 4.56. The summed E-state index contributed by atoms with van der Waals surface area (Å²) in [5.41, 5.74) is 6.39. The van der Waals surface area contributed by atoms with Gasteiger partial charge in [0.1, 0.15) is 0 Å². The van der Waals surface area contributed by atoms with Crippen molar-refractivity contribution in [3.63, 3.8) is 0 Å². The fourth-order valence-corrected chi connectivity index (χ4v) is 1.88. The first-order chi connectivity index (χ1) is 9.82. The molecule has 1 aromatic rings. The van der Waals surface area contributed by atoms with Crippen molar-refractivity contribution >= 4 is 17.5 Å². The zero-order chi connectivity index (χ0) is 16.0. The summed E-state index contributed by atoms with van der Waals surface area (Å²) in [5, 5.41) is 5.61. The van der Waals surface area contributed by atoms with Gasteiger partial charge in [0.2, 0.25) is 5.91 Å². The van der Waals surface area contributed by atoms with Crippen LogP contribution in [0.2, 0.25) is 0 Å². The third-order valence-corrected chi connectivity index (χ3v) is 3.54. The molecule has 0 spiro atoms. The van der Waals surface area contributed by atoms with Crippen LogP contribution in [-0.2, 0) is 4.79 Å². The molecule has 0 radical (unpaired) electrons. The summed E-state index contributed by atoms with van der Waals surface area (Å²) >= 11 is 0. The van der Waals surface area contributed by atoms with Gasteiger partial charge in [-0.15, -0.1) is 0 Å². The highest BCUT2D eigenvalue weighted by atomic mass is 16.2. The average molecular weight is 291 g/mol. The maximum atomic E-state index is 12.1. The molecule has 0 aromatic heterocycles. The number of benzene rings is 1. The zero-order valence-electron chi connectivity index (χ0n) is 13.2. The Balaban J connectivity index is 2.75. The predicted molar refractivity (Wildman–Crippen MR) is 85.2 cm³/mol. The quantitative estimate of drug-likeness (QED) is 0.751. The lowest BCUT2D eigenvalue weighted by Crippen LogP contribution is -2.50. The van der Waals surface area contributed by atoms with Gasteiger partial charge in [0.25, 0.3) is 5.91 Å². The van der Waals surface area contributed by atoms with Crippen LogP contribution >= 0.6 is 0 Å². The molecular weight excluding hydrogens is 266 g/mol. The molecule has 21 heavy (non-hydrogen) atoms. The Bertz CT molecular complexity index is 491. The molecule has 0 fully saturated rings. The molecule has 0 atom stereocenters. The Kier molecular flexibility index (Phi) is 5.90. The second kappa shape index (κ2) is 7.22. The first kappa shape index (κ1) is 17.2. The summed E-state index contributed by atoms with van der Waals surface area (Å²) in [6.07, 6.45) is 1.15. The molecule has 0 bridgehead atoms. The molecule has 0 heterocycles. The van der Waals surface area contributed by atoms with Crippen molar-refractivity contribution in [3.8, 4) is 0 Å². The zero-order valence-corrected chi connectivity index (χ0v) is 13.2. The Labute approximate surface area is 126 Å². The molecule has 0 aliphatic rings. The van der Waals surface area contributed by atoms with E-state index in [-0.39, 0.29) is 17.9 Å². The van der Waals surface area contributed by atoms with Crippen molar-refractivity contribution in [2.45, 2.75) is 52.1 Å². The summed E-state index contributed by atoms with van der Waals surface area (Å²) in [5.74, 6) is -0.329. The normalized spacial score (nSPS) is 11.3. The molecule has 5 nitrogen and oxygen atoms in total. The van der Waals surface area contributed by atoms with Crippen molar-refractivity contribution in [2.24, 2.45) is 5.73 Å². The molecule has 2 amide bonds. The van der Waals surface area contributed by atoms with Crippen molar-refractivity contribution in [2.75, 3.05) is 5.32 Å². The van der Waals surface area contributed by atoms with E-state index < -0.39 is 5.54 Å². The van der Waals surface area contributed by atoms with Crippen molar-refractivity contribution in [1.29, 1.82) is 0 Å². The maximum absolute atomic E-state index is 12.1. The molecule has 0 saturated carbocycles. The van der Waals surface area contributed by atoms with E-state index in [1.165, 1.54) is 0 Å². The lowest BCUT2D eigenvalue weighted by Gasteiger charge is -2.25. The van der Waals surface area contributed by atoms with E-state index in [4.69, 9.17) is 5.73 Å². The Morgan fingerprint density at radius 3 is 2.10 bits per heavy atom. The van der Waals surface area contributed by atoms with Gasteiger partial charge in [-0.1, -0.05) is 13.8 Å². The highest BCUT2D eigenvalue weighted by molar-refractivity contribution is 5.99. The molecule has 0 unspecified atom stereocenters. The maximum Gasteiger partial charge on any atom is 0.251 e. The van der Waals surface area contributed by atoms with Crippen LogP contribution in [0.4, 0.5) is 5.69 Å². The van der Waals surface area contributed by atoms with E-state index in [2.05, 4.69) is 10.6 Å². The number of anilines is 1. The van der Waals surface area contributed by atoms with Crippen LogP contribution in [0, 0.1) is 0 Å². The Morgan fingerprint density at radius 1 is 1.14 bits per heavy atom. The largest absolute Gasteiger partial charge is 0.350 e. The highest BCUT2D eigenvalue weighted by Crippen LogP contribution is 2.16. The number of hydrogen-bond acceptors (Lipinski definition) is 3. The van der Waals surface area contributed by atoms with Crippen LogP contribution in [0.3, 0.4) is 0 Å².